The maximum atomic E-state index is 12.0. The third-order valence-electron chi connectivity index (χ3n) is 3.52. The number of carbonyl (C=O) groups excluding carboxylic acids is 1. The van der Waals surface area contributed by atoms with E-state index in [9.17, 15) is 4.79 Å². The van der Waals surface area contributed by atoms with Crippen molar-refractivity contribution in [3.8, 4) is 5.75 Å². The Morgan fingerprint density at radius 3 is 2.83 bits per heavy atom. The van der Waals surface area contributed by atoms with Crippen LogP contribution in [0.3, 0.4) is 0 Å². The molecule has 4 heteroatoms. The number of methoxy groups -OCH3 is 1. The summed E-state index contributed by atoms with van der Waals surface area (Å²) in [6.07, 6.45) is 2.61. The number of carbonyl (C=O) groups is 1. The highest BCUT2D eigenvalue weighted by Gasteiger charge is 2.27. The Hall–Kier alpha value is -1.55. The van der Waals surface area contributed by atoms with E-state index in [1.54, 1.807) is 7.11 Å². The molecule has 0 bridgehead atoms. The lowest BCUT2D eigenvalue weighted by Gasteiger charge is -2.12. The van der Waals surface area contributed by atoms with Gasteiger partial charge in [0.2, 0.25) is 5.91 Å². The molecule has 18 heavy (non-hydrogen) atoms. The molecule has 2 atom stereocenters. The maximum absolute atomic E-state index is 12.0. The van der Waals surface area contributed by atoms with E-state index in [4.69, 9.17) is 10.5 Å². The lowest BCUT2D eigenvalue weighted by atomic mass is 10.1. The van der Waals surface area contributed by atoms with Crippen LogP contribution < -0.4 is 15.8 Å². The van der Waals surface area contributed by atoms with E-state index < -0.39 is 0 Å². The van der Waals surface area contributed by atoms with Gasteiger partial charge in [-0.25, -0.2) is 0 Å². The van der Waals surface area contributed by atoms with Gasteiger partial charge in [0.15, 0.2) is 0 Å². The Morgan fingerprint density at radius 1 is 1.44 bits per heavy atom. The van der Waals surface area contributed by atoms with Gasteiger partial charge in [-0.15, -0.1) is 0 Å². The van der Waals surface area contributed by atoms with E-state index in [-0.39, 0.29) is 17.9 Å². The molecule has 1 aliphatic carbocycles. The first-order valence-electron chi connectivity index (χ1n) is 6.31. The van der Waals surface area contributed by atoms with Crippen molar-refractivity contribution in [3.63, 3.8) is 0 Å². The highest BCUT2D eigenvalue weighted by Crippen LogP contribution is 2.27. The van der Waals surface area contributed by atoms with E-state index in [1.807, 2.05) is 25.1 Å². The number of hydrogen-bond acceptors (Lipinski definition) is 3. The number of rotatable bonds is 3. The smallest absolute Gasteiger partial charge is 0.227 e. The van der Waals surface area contributed by atoms with Crippen molar-refractivity contribution in [2.24, 2.45) is 11.7 Å². The summed E-state index contributed by atoms with van der Waals surface area (Å²) in [7, 11) is 1.63. The fourth-order valence-corrected chi connectivity index (χ4v) is 2.40. The van der Waals surface area contributed by atoms with Gasteiger partial charge in [-0.1, -0.05) is 6.07 Å². The molecule has 4 nitrogen and oxygen atoms in total. The van der Waals surface area contributed by atoms with Gasteiger partial charge in [0.1, 0.15) is 5.75 Å². The van der Waals surface area contributed by atoms with Gasteiger partial charge in [-0.3, -0.25) is 4.79 Å². The Kier molecular flexibility index (Phi) is 3.87. The van der Waals surface area contributed by atoms with Gasteiger partial charge in [-0.05, 0) is 37.8 Å². The van der Waals surface area contributed by atoms with E-state index in [1.165, 1.54) is 0 Å². The standard InChI is InChI=1S/C14H20N2O2/c1-9-3-6-12(8-13(9)18-2)16-14(17)10-4-5-11(15)7-10/h3,6,8,10-11H,4-5,7,15H2,1-2H3,(H,16,17). The molecule has 0 spiro atoms. The monoisotopic (exact) mass is 248 g/mol. The molecular weight excluding hydrogens is 228 g/mol. The molecule has 3 N–H and O–H groups in total. The van der Waals surface area contributed by atoms with Crippen LogP contribution in [-0.4, -0.2) is 19.1 Å². The molecule has 2 unspecified atom stereocenters. The van der Waals surface area contributed by atoms with Crippen LogP contribution in [0.2, 0.25) is 0 Å². The molecule has 0 aliphatic heterocycles. The summed E-state index contributed by atoms with van der Waals surface area (Å²) >= 11 is 0. The summed E-state index contributed by atoms with van der Waals surface area (Å²) in [6.45, 7) is 1.97. The molecule has 1 saturated carbocycles. The van der Waals surface area contributed by atoms with Crippen molar-refractivity contribution in [3.05, 3.63) is 23.8 Å². The van der Waals surface area contributed by atoms with Crippen LogP contribution in [0, 0.1) is 12.8 Å². The molecule has 2 rings (SSSR count). The Morgan fingerprint density at radius 2 is 2.22 bits per heavy atom. The molecule has 1 fully saturated rings. The number of ether oxygens (including phenoxy) is 1. The second-order valence-electron chi connectivity index (χ2n) is 4.94. The third-order valence-corrected chi connectivity index (χ3v) is 3.52. The van der Waals surface area contributed by atoms with Crippen LogP contribution in [0.15, 0.2) is 18.2 Å². The first-order valence-corrected chi connectivity index (χ1v) is 6.31. The molecule has 0 heterocycles. The predicted octanol–water partition coefficient (Wildman–Crippen LogP) is 2.07. The number of hydrogen-bond donors (Lipinski definition) is 2. The van der Waals surface area contributed by atoms with Crippen molar-refractivity contribution in [2.45, 2.75) is 32.2 Å². The van der Waals surface area contributed by atoms with Crippen molar-refractivity contribution in [1.29, 1.82) is 0 Å². The van der Waals surface area contributed by atoms with Crippen LogP contribution in [0.5, 0.6) is 5.75 Å². The summed E-state index contributed by atoms with van der Waals surface area (Å²) in [6, 6.07) is 5.86. The number of amides is 1. The van der Waals surface area contributed by atoms with Crippen molar-refractivity contribution < 1.29 is 9.53 Å². The minimum atomic E-state index is 0.0484. The zero-order valence-electron chi connectivity index (χ0n) is 10.9. The van der Waals surface area contributed by atoms with Gasteiger partial charge < -0.3 is 15.8 Å². The average molecular weight is 248 g/mol. The molecule has 98 valence electrons. The second kappa shape index (κ2) is 5.40. The van der Waals surface area contributed by atoms with Crippen LogP contribution in [0.4, 0.5) is 5.69 Å². The highest BCUT2D eigenvalue weighted by atomic mass is 16.5. The number of benzene rings is 1. The third kappa shape index (κ3) is 2.82. The summed E-state index contributed by atoms with van der Waals surface area (Å²) in [5.74, 6) is 0.900. The van der Waals surface area contributed by atoms with Crippen LogP contribution >= 0.6 is 0 Å². The fraction of sp³-hybridized carbons (Fsp3) is 0.500. The topological polar surface area (TPSA) is 64.3 Å². The number of nitrogens with two attached hydrogens (primary N) is 1. The van der Waals surface area contributed by atoms with E-state index >= 15 is 0 Å². The molecule has 0 aromatic heterocycles. The number of nitrogens with one attached hydrogen (secondary N) is 1. The van der Waals surface area contributed by atoms with Gasteiger partial charge in [-0.2, -0.15) is 0 Å². The molecule has 1 aromatic rings. The number of anilines is 1. The Labute approximate surface area is 108 Å². The van der Waals surface area contributed by atoms with Crippen LogP contribution in [0.1, 0.15) is 24.8 Å². The molecule has 0 saturated heterocycles. The SMILES string of the molecule is COc1cc(NC(=O)C2CCC(N)C2)ccc1C. The quantitative estimate of drug-likeness (QED) is 0.860. The van der Waals surface area contributed by atoms with Gasteiger partial charge in [0.05, 0.1) is 7.11 Å². The van der Waals surface area contributed by atoms with Gasteiger partial charge in [0, 0.05) is 23.7 Å². The van der Waals surface area contributed by atoms with Crippen molar-refractivity contribution in [1.82, 2.24) is 0 Å². The minimum Gasteiger partial charge on any atom is -0.496 e. The van der Waals surface area contributed by atoms with Crippen molar-refractivity contribution in [2.75, 3.05) is 12.4 Å². The fourth-order valence-electron chi connectivity index (χ4n) is 2.40. The van der Waals surface area contributed by atoms with E-state index in [0.717, 1.165) is 36.3 Å². The van der Waals surface area contributed by atoms with Gasteiger partial charge in [0.25, 0.3) is 0 Å². The summed E-state index contributed by atoms with van der Waals surface area (Å²) in [4.78, 5) is 12.0. The van der Waals surface area contributed by atoms with Crippen molar-refractivity contribution >= 4 is 11.6 Å². The second-order valence-corrected chi connectivity index (χ2v) is 4.94. The Balaban J connectivity index is 2.03. The summed E-state index contributed by atoms with van der Waals surface area (Å²) < 4.78 is 5.24. The Bertz CT molecular complexity index is 445. The molecular formula is C14H20N2O2. The normalized spacial score (nSPS) is 22.8. The maximum Gasteiger partial charge on any atom is 0.227 e. The lowest BCUT2D eigenvalue weighted by molar-refractivity contribution is -0.119. The zero-order chi connectivity index (χ0) is 13.1. The average Bonchev–Trinajstić information content (AvgIpc) is 2.78. The molecule has 1 aliphatic rings. The predicted molar refractivity (Wildman–Crippen MR) is 71.7 cm³/mol. The first kappa shape index (κ1) is 12.9. The zero-order valence-corrected chi connectivity index (χ0v) is 10.9. The van der Waals surface area contributed by atoms with Gasteiger partial charge >= 0.3 is 0 Å². The minimum absolute atomic E-state index is 0.0484. The molecule has 1 aromatic carbocycles. The summed E-state index contributed by atoms with van der Waals surface area (Å²) in [5.41, 5.74) is 7.66. The largest absolute Gasteiger partial charge is 0.496 e. The van der Waals surface area contributed by atoms with Crippen LogP contribution in [0.25, 0.3) is 0 Å². The molecule has 1 amide bonds. The first-order chi connectivity index (χ1) is 8.60. The van der Waals surface area contributed by atoms with E-state index in [0.29, 0.717) is 0 Å². The lowest BCUT2D eigenvalue weighted by Crippen LogP contribution is -2.23. The molecule has 0 radical (unpaired) electrons. The van der Waals surface area contributed by atoms with Crippen LogP contribution in [-0.2, 0) is 4.79 Å². The highest BCUT2D eigenvalue weighted by molar-refractivity contribution is 5.93. The summed E-state index contributed by atoms with van der Waals surface area (Å²) in [5, 5.41) is 2.93. The van der Waals surface area contributed by atoms with E-state index in [2.05, 4.69) is 5.32 Å². The number of aryl methyl sites for hydroxylation is 1.